The molecule has 0 radical (unpaired) electrons. The van der Waals surface area contributed by atoms with Gasteiger partial charge in [-0.1, -0.05) is 11.6 Å². The van der Waals surface area contributed by atoms with Gasteiger partial charge in [0.1, 0.15) is 5.75 Å². The third-order valence-corrected chi connectivity index (χ3v) is 3.32. The first kappa shape index (κ1) is 17.8. The Labute approximate surface area is 131 Å². The molecule has 6 heteroatoms. The molecule has 0 atom stereocenters. The van der Waals surface area contributed by atoms with Crippen LogP contribution in [0, 0.1) is 0 Å². The fourth-order valence-electron chi connectivity index (χ4n) is 1.86. The van der Waals surface area contributed by atoms with E-state index in [2.05, 4.69) is 10.2 Å². The molecule has 0 unspecified atom stereocenters. The van der Waals surface area contributed by atoms with Crippen LogP contribution >= 0.6 is 11.6 Å². The Bertz CT molecular complexity index is 455. The minimum atomic E-state index is -0.150. The van der Waals surface area contributed by atoms with Gasteiger partial charge >= 0.3 is 0 Å². The van der Waals surface area contributed by atoms with Crippen LogP contribution in [0.2, 0.25) is 5.02 Å². The summed E-state index contributed by atoms with van der Waals surface area (Å²) in [5, 5.41) is 3.43. The van der Waals surface area contributed by atoms with Crippen molar-refractivity contribution in [3.8, 4) is 5.75 Å². The molecule has 5 nitrogen and oxygen atoms in total. The van der Waals surface area contributed by atoms with E-state index < -0.39 is 0 Å². The number of amides is 1. The highest BCUT2D eigenvalue weighted by molar-refractivity contribution is 6.30. The van der Waals surface area contributed by atoms with Crippen molar-refractivity contribution in [2.24, 2.45) is 0 Å². The second-order valence-corrected chi connectivity index (χ2v) is 5.19. The number of rotatable bonds is 9. The Morgan fingerprint density at radius 3 is 2.76 bits per heavy atom. The molecule has 0 aliphatic heterocycles. The summed E-state index contributed by atoms with van der Waals surface area (Å²) in [6, 6.07) is 4.98. The van der Waals surface area contributed by atoms with Crippen molar-refractivity contribution in [3.05, 3.63) is 28.8 Å². The van der Waals surface area contributed by atoms with Crippen molar-refractivity contribution in [2.75, 3.05) is 47.5 Å². The van der Waals surface area contributed by atoms with Crippen molar-refractivity contribution >= 4 is 17.5 Å². The van der Waals surface area contributed by atoms with E-state index in [0.717, 1.165) is 19.5 Å². The molecule has 1 aromatic carbocycles. The number of hydrogen-bond donors (Lipinski definition) is 1. The summed E-state index contributed by atoms with van der Waals surface area (Å²) in [6.07, 6.45) is 0.877. The standard InChI is InChI=1S/C15H23ClN2O3/c1-18(9-10-20-2)8-4-7-17-15(19)13-6-5-12(16)11-14(13)21-3/h5-6,11H,4,7-10H2,1-3H3,(H,17,19). The van der Waals surface area contributed by atoms with Crippen molar-refractivity contribution in [2.45, 2.75) is 6.42 Å². The molecule has 1 rings (SSSR count). The van der Waals surface area contributed by atoms with Gasteiger partial charge in [0.2, 0.25) is 0 Å². The van der Waals surface area contributed by atoms with Gasteiger partial charge in [-0.25, -0.2) is 0 Å². The quantitative estimate of drug-likeness (QED) is 0.709. The van der Waals surface area contributed by atoms with E-state index in [4.69, 9.17) is 21.1 Å². The molecule has 21 heavy (non-hydrogen) atoms. The molecular formula is C15H23ClN2O3. The zero-order valence-electron chi connectivity index (χ0n) is 12.8. The molecule has 0 fully saturated rings. The molecule has 1 aromatic rings. The maximum Gasteiger partial charge on any atom is 0.255 e. The van der Waals surface area contributed by atoms with Gasteiger partial charge in [0.15, 0.2) is 0 Å². The average molecular weight is 315 g/mol. The lowest BCUT2D eigenvalue weighted by atomic mass is 10.2. The van der Waals surface area contributed by atoms with E-state index in [1.807, 2.05) is 7.05 Å². The molecule has 118 valence electrons. The van der Waals surface area contributed by atoms with Gasteiger partial charge in [-0.3, -0.25) is 4.79 Å². The number of nitrogens with one attached hydrogen (secondary N) is 1. The summed E-state index contributed by atoms with van der Waals surface area (Å²) in [4.78, 5) is 14.2. The Kier molecular flexibility index (Phi) is 8.12. The normalized spacial score (nSPS) is 10.7. The second-order valence-electron chi connectivity index (χ2n) is 4.75. The summed E-state index contributed by atoms with van der Waals surface area (Å²) in [5.41, 5.74) is 0.495. The molecule has 0 aromatic heterocycles. The molecule has 1 N–H and O–H groups in total. The Morgan fingerprint density at radius 1 is 1.33 bits per heavy atom. The zero-order chi connectivity index (χ0) is 15.7. The maximum atomic E-state index is 12.1. The summed E-state index contributed by atoms with van der Waals surface area (Å²) < 4.78 is 10.2. The number of likely N-dealkylation sites (N-methyl/N-ethyl adjacent to an activating group) is 1. The van der Waals surface area contributed by atoms with Crippen LogP contribution < -0.4 is 10.1 Å². The Balaban J connectivity index is 2.37. The lowest BCUT2D eigenvalue weighted by Crippen LogP contribution is -2.29. The first-order chi connectivity index (χ1) is 10.1. The monoisotopic (exact) mass is 314 g/mol. The summed E-state index contributed by atoms with van der Waals surface area (Å²) in [5.74, 6) is 0.334. The van der Waals surface area contributed by atoms with Gasteiger partial charge in [0.25, 0.3) is 5.91 Å². The first-order valence-corrected chi connectivity index (χ1v) is 7.25. The van der Waals surface area contributed by atoms with E-state index in [9.17, 15) is 4.79 Å². The fraction of sp³-hybridized carbons (Fsp3) is 0.533. The largest absolute Gasteiger partial charge is 0.496 e. The van der Waals surface area contributed by atoms with Crippen LogP contribution in [0.1, 0.15) is 16.8 Å². The van der Waals surface area contributed by atoms with Crippen LogP contribution in [-0.4, -0.2) is 58.3 Å². The van der Waals surface area contributed by atoms with E-state index in [-0.39, 0.29) is 5.91 Å². The number of carbonyl (C=O) groups excluding carboxylic acids is 1. The molecule has 0 aliphatic carbocycles. The number of carbonyl (C=O) groups is 1. The molecule has 0 saturated heterocycles. The highest BCUT2D eigenvalue weighted by Gasteiger charge is 2.12. The number of methoxy groups -OCH3 is 2. The van der Waals surface area contributed by atoms with Gasteiger partial charge in [-0.05, 0) is 38.2 Å². The average Bonchev–Trinajstić information content (AvgIpc) is 2.49. The molecule has 0 bridgehead atoms. The van der Waals surface area contributed by atoms with Gasteiger partial charge in [0, 0.05) is 25.2 Å². The highest BCUT2D eigenvalue weighted by Crippen LogP contribution is 2.22. The number of ether oxygens (including phenoxy) is 2. The molecule has 0 spiro atoms. The van der Waals surface area contributed by atoms with Crippen molar-refractivity contribution in [1.29, 1.82) is 0 Å². The molecular weight excluding hydrogens is 292 g/mol. The predicted octanol–water partition coefficient (Wildman–Crippen LogP) is 2.05. The topological polar surface area (TPSA) is 50.8 Å². The smallest absolute Gasteiger partial charge is 0.255 e. The summed E-state index contributed by atoms with van der Waals surface area (Å²) in [7, 11) is 5.24. The third-order valence-electron chi connectivity index (χ3n) is 3.09. The fourth-order valence-corrected chi connectivity index (χ4v) is 2.02. The van der Waals surface area contributed by atoms with Crippen LogP contribution in [0.25, 0.3) is 0 Å². The lowest BCUT2D eigenvalue weighted by Gasteiger charge is -2.16. The zero-order valence-corrected chi connectivity index (χ0v) is 13.6. The molecule has 1 amide bonds. The SMILES string of the molecule is COCCN(C)CCCNC(=O)c1ccc(Cl)cc1OC. The number of hydrogen-bond acceptors (Lipinski definition) is 4. The number of nitrogens with zero attached hydrogens (tertiary/aromatic N) is 1. The molecule has 0 heterocycles. The van der Waals surface area contributed by atoms with Crippen molar-refractivity contribution in [1.82, 2.24) is 10.2 Å². The van der Waals surface area contributed by atoms with Crippen molar-refractivity contribution < 1.29 is 14.3 Å². The number of benzene rings is 1. The molecule has 0 aliphatic rings. The van der Waals surface area contributed by atoms with Gasteiger partial charge < -0.3 is 19.7 Å². The van der Waals surface area contributed by atoms with Gasteiger partial charge in [-0.15, -0.1) is 0 Å². The van der Waals surface area contributed by atoms with Gasteiger partial charge in [0.05, 0.1) is 19.3 Å². The summed E-state index contributed by atoms with van der Waals surface area (Å²) >= 11 is 5.88. The van der Waals surface area contributed by atoms with Crippen molar-refractivity contribution in [3.63, 3.8) is 0 Å². The van der Waals surface area contributed by atoms with Crippen LogP contribution in [0.4, 0.5) is 0 Å². The van der Waals surface area contributed by atoms with E-state index in [1.54, 1.807) is 25.3 Å². The minimum Gasteiger partial charge on any atom is -0.496 e. The lowest BCUT2D eigenvalue weighted by molar-refractivity contribution is 0.0948. The minimum absolute atomic E-state index is 0.150. The first-order valence-electron chi connectivity index (χ1n) is 6.87. The summed E-state index contributed by atoms with van der Waals surface area (Å²) in [6.45, 7) is 3.11. The van der Waals surface area contributed by atoms with E-state index in [1.165, 1.54) is 7.11 Å². The highest BCUT2D eigenvalue weighted by atomic mass is 35.5. The Hall–Kier alpha value is -1.30. The second kappa shape index (κ2) is 9.60. The number of halogens is 1. The predicted molar refractivity (Wildman–Crippen MR) is 84.3 cm³/mol. The third kappa shape index (κ3) is 6.33. The molecule has 0 saturated carbocycles. The van der Waals surface area contributed by atoms with Crippen LogP contribution in [-0.2, 0) is 4.74 Å². The Morgan fingerprint density at radius 2 is 2.10 bits per heavy atom. The van der Waals surface area contributed by atoms with Crippen LogP contribution in [0.15, 0.2) is 18.2 Å². The van der Waals surface area contributed by atoms with Crippen LogP contribution in [0.3, 0.4) is 0 Å². The van der Waals surface area contributed by atoms with E-state index >= 15 is 0 Å². The van der Waals surface area contributed by atoms with Gasteiger partial charge in [-0.2, -0.15) is 0 Å². The van der Waals surface area contributed by atoms with Crippen LogP contribution in [0.5, 0.6) is 5.75 Å². The van der Waals surface area contributed by atoms with E-state index in [0.29, 0.717) is 29.5 Å². The maximum absolute atomic E-state index is 12.1.